The Balaban J connectivity index is 2.25. The molecule has 0 saturated heterocycles. The molecule has 0 fully saturated rings. The molecule has 1 aromatic heterocycles. The molecule has 0 aliphatic carbocycles. The van der Waals surface area contributed by atoms with Crippen molar-refractivity contribution in [2.75, 3.05) is 0 Å². The van der Waals surface area contributed by atoms with Crippen LogP contribution in [0.2, 0.25) is 0 Å². The summed E-state index contributed by atoms with van der Waals surface area (Å²) in [4.78, 5) is 25.2. The fraction of sp³-hybridized carbons (Fsp3) is 0.111. The number of H-pyrrole nitrogens is 1. The highest BCUT2D eigenvalue weighted by Crippen LogP contribution is 2.33. The second kappa shape index (κ2) is 6.90. The van der Waals surface area contributed by atoms with Gasteiger partial charge in [-0.25, -0.2) is 22.2 Å². The third-order valence-electron chi connectivity index (χ3n) is 4.09. The zero-order valence-corrected chi connectivity index (χ0v) is 14.3. The van der Waals surface area contributed by atoms with Gasteiger partial charge in [0.2, 0.25) is 5.78 Å². The number of aromatic nitrogens is 2. The molecule has 29 heavy (non-hydrogen) atoms. The van der Waals surface area contributed by atoms with Gasteiger partial charge < -0.3 is 0 Å². The summed E-state index contributed by atoms with van der Waals surface area (Å²) in [5.74, 6) is -8.86. The second-order valence-corrected chi connectivity index (χ2v) is 5.94. The molecule has 3 rings (SSSR count). The van der Waals surface area contributed by atoms with Crippen LogP contribution in [-0.4, -0.2) is 15.6 Å². The molecule has 0 spiro atoms. The first-order chi connectivity index (χ1) is 13.4. The highest BCUT2D eigenvalue weighted by molar-refractivity contribution is 6.10. The summed E-state index contributed by atoms with van der Waals surface area (Å²) in [5, 5.41) is 2.06. The lowest BCUT2D eigenvalue weighted by Crippen LogP contribution is -2.24. The van der Waals surface area contributed by atoms with Crippen molar-refractivity contribution in [2.45, 2.75) is 13.1 Å². The van der Waals surface area contributed by atoms with Gasteiger partial charge >= 0.3 is 6.18 Å². The summed E-state index contributed by atoms with van der Waals surface area (Å²) < 4.78 is 94.4. The van der Waals surface area contributed by atoms with Gasteiger partial charge in [0.1, 0.15) is 11.3 Å². The van der Waals surface area contributed by atoms with E-state index < -0.39 is 63.2 Å². The van der Waals surface area contributed by atoms with Crippen LogP contribution in [0.4, 0.5) is 30.7 Å². The van der Waals surface area contributed by atoms with E-state index in [1.165, 1.54) is 0 Å². The minimum atomic E-state index is -4.92. The Bertz CT molecular complexity index is 1170. The number of rotatable bonds is 3. The number of hydrogen-bond acceptors (Lipinski definition) is 2. The number of nitrogens with zero attached hydrogens (tertiary/aromatic N) is 1. The van der Waals surface area contributed by atoms with Crippen LogP contribution >= 0.6 is 0 Å². The second-order valence-electron chi connectivity index (χ2n) is 5.94. The smallest absolute Gasteiger partial charge is 0.294 e. The van der Waals surface area contributed by atoms with Crippen molar-refractivity contribution >= 4 is 5.78 Å². The maximum atomic E-state index is 14.0. The van der Waals surface area contributed by atoms with Crippen LogP contribution < -0.4 is 5.56 Å². The van der Waals surface area contributed by atoms with Crippen molar-refractivity contribution in [2.24, 2.45) is 0 Å². The summed E-state index contributed by atoms with van der Waals surface area (Å²) in [5.41, 5.74) is -6.39. The van der Waals surface area contributed by atoms with Crippen molar-refractivity contribution in [3.8, 4) is 5.69 Å². The number of carbonyl (C=O) groups excluding carboxylic acids is 1. The molecule has 0 radical (unpaired) electrons. The van der Waals surface area contributed by atoms with Crippen LogP contribution in [-0.2, 0) is 6.18 Å². The number of aromatic amines is 1. The third-order valence-corrected chi connectivity index (χ3v) is 4.09. The van der Waals surface area contributed by atoms with Gasteiger partial charge in [-0.15, -0.1) is 0 Å². The molecule has 0 amide bonds. The summed E-state index contributed by atoms with van der Waals surface area (Å²) in [7, 11) is 0. The minimum absolute atomic E-state index is 0.0234. The summed E-state index contributed by atoms with van der Waals surface area (Å²) >= 11 is 0. The van der Waals surface area contributed by atoms with E-state index in [9.17, 15) is 40.3 Å². The summed E-state index contributed by atoms with van der Waals surface area (Å²) in [6, 6.07) is 3.52. The fourth-order valence-electron chi connectivity index (χ4n) is 2.79. The van der Waals surface area contributed by atoms with E-state index in [0.717, 1.165) is 25.1 Å². The number of ketones is 1. The van der Waals surface area contributed by atoms with E-state index in [0.29, 0.717) is 6.07 Å². The van der Waals surface area contributed by atoms with Gasteiger partial charge in [0.25, 0.3) is 5.56 Å². The molecule has 0 aliphatic rings. The maximum absolute atomic E-state index is 14.0. The van der Waals surface area contributed by atoms with Gasteiger partial charge in [-0.1, -0.05) is 18.2 Å². The average Bonchev–Trinajstić information content (AvgIpc) is 2.93. The molecule has 4 nitrogen and oxygen atoms in total. The van der Waals surface area contributed by atoms with Crippen molar-refractivity contribution in [3.63, 3.8) is 0 Å². The lowest BCUT2D eigenvalue weighted by molar-refractivity contribution is -0.137. The van der Waals surface area contributed by atoms with Crippen LogP contribution in [0, 0.1) is 30.2 Å². The number of benzene rings is 2. The van der Waals surface area contributed by atoms with E-state index in [1.807, 2.05) is 0 Å². The van der Waals surface area contributed by atoms with Crippen LogP contribution in [0.3, 0.4) is 0 Å². The van der Waals surface area contributed by atoms with Crippen molar-refractivity contribution < 1.29 is 35.5 Å². The van der Waals surface area contributed by atoms with Crippen LogP contribution in [0.1, 0.15) is 27.2 Å². The Labute approximate surface area is 157 Å². The number of nitrogens with one attached hydrogen (secondary N) is 1. The minimum Gasteiger partial charge on any atom is -0.294 e. The van der Waals surface area contributed by atoms with E-state index in [-0.39, 0.29) is 16.4 Å². The number of aryl methyl sites for hydroxylation is 1. The Morgan fingerprint density at radius 1 is 1.00 bits per heavy atom. The van der Waals surface area contributed by atoms with Gasteiger partial charge in [0, 0.05) is 17.3 Å². The first-order valence-electron chi connectivity index (χ1n) is 7.81. The standard InChI is InChI=1S/C18H9F7N2O2/c1-7-12(16(28)8-4-2-3-5-9(8)18(23,24)25)17(29)27(26-7)15-13(21)10(19)6-11(20)14(15)22/h2-6,26H,1H3. The highest BCUT2D eigenvalue weighted by Gasteiger charge is 2.36. The van der Waals surface area contributed by atoms with Crippen LogP contribution in [0.25, 0.3) is 5.69 Å². The highest BCUT2D eigenvalue weighted by atomic mass is 19.4. The Morgan fingerprint density at radius 3 is 2.10 bits per heavy atom. The predicted molar refractivity (Wildman–Crippen MR) is 85.8 cm³/mol. The first-order valence-corrected chi connectivity index (χ1v) is 7.81. The van der Waals surface area contributed by atoms with E-state index in [1.54, 1.807) is 0 Å². The van der Waals surface area contributed by atoms with E-state index in [4.69, 9.17) is 0 Å². The van der Waals surface area contributed by atoms with Crippen LogP contribution in [0.15, 0.2) is 35.1 Å². The molecule has 0 aliphatic heterocycles. The van der Waals surface area contributed by atoms with Gasteiger partial charge in [-0.3, -0.25) is 14.7 Å². The summed E-state index contributed by atoms with van der Waals surface area (Å²) in [6.07, 6.45) is -4.92. The quantitative estimate of drug-likeness (QED) is 0.392. The largest absolute Gasteiger partial charge is 0.417 e. The zero-order valence-electron chi connectivity index (χ0n) is 14.3. The van der Waals surface area contributed by atoms with Gasteiger partial charge in [0.05, 0.1) is 5.56 Å². The topological polar surface area (TPSA) is 54.9 Å². The molecule has 0 bridgehead atoms. The molecule has 3 aromatic rings. The lowest BCUT2D eigenvalue weighted by Gasteiger charge is -2.11. The van der Waals surface area contributed by atoms with Gasteiger partial charge in [0.15, 0.2) is 23.3 Å². The monoisotopic (exact) mass is 418 g/mol. The molecule has 1 N–H and O–H groups in total. The van der Waals surface area contributed by atoms with Gasteiger partial charge in [-0.2, -0.15) is 13.2 Å². The fourth-order valence-corrected chi connectivity index (χ4v) is 2.79. The van der Waals surface area contributed by atoms with Crippen molar-refractivity contribution in [1.82, 2.24) is 9.78 Å². The molecule has 152 valence electrons. The number of alkyl halides is 3. The first kappa shape index (κ1) is 20.4. The lowest BCUT2D eigenvalue weighted by atomic mass is 9.98. The van der Waals surface area contributed by atoms with E-state index >= 15 is 0 Å². The molecule has 0 unspecified atom stereocenters. The normalized spacial score (nSPS) is 11.7. The molecule has 0 saturated carbocycles. The number of carbonyl (C=O) groups is 1. The Hall–Kier alpha value is -3.37. The molecular formula is C18H9F7N2O2. The maximum Gasteiger partial charge on any atom is 0.417 e. The number of halogens is 7. The predicted octanol–water partition coefficient (Wildman–Crippen LogP) is 4.28. The average molecular weight is 418 g/mol. The molecule has 0 atom stereocenters. The molecule has 1 heterocycles. The molecule has 2 aromatic carbocycles. The molecular weight excluding hydrogens is 409 g/mol. The van der Waals surface area contributed by atoms with E-state index in [2.05, 4.69) is 5.10 Å². The van der Waals surface area contributed by atoms with Crippen molar-refractivity contribution in [3.05, 3.63) is 86.3 Å². The Morgan fingerprint density at radius 2 is 1.55 bits per heavy atom. The van der Waals surface area contributed by atoms with Crippen LogP contribution in [0.5, 0.6) is 0 Å². The summed E-state index contributed by atoms with van der Waals surface area (Å²) in [6.45, 7) is 1.08. The third kappa shape index (κ3) is 3.32. The number of hydrogen-bond donors (Lipinski definition) is 1. The van der Waals surface area contributed by atoms with Gasteiger partial charge in [-0.05, 0) is 13.0 Å². The zero-order chi connectivity index (χ0) is 21.7. The SMILES string of the molecule is Cc1[nH]n(-c2c(F)c(F)cc(F)c2F)c(=O)c1C(=O)c1ccccc1C(F)(F)F. The van der Waals surface area contributed by atoms with Crippen molar-refractivity contribution in [1.29, 1.82) is 0 Å². The molecule has 11 heteroatoms. The Kier molecular flexibility index (Phi) is 4.85.